The van der Waals surface area contributed by atoms with Crippen LogP contribution in [0, 0.1) is 0 Å². The maximum atomic E-state index is 10.5. The van der Waals surface area contributed by atoms with E-state index in [2.05, 4.69) is 0 Å². The number of carboxylic acids is 1. The molecule has 0 radical (unpaired) electrons. The van der Waals surface area contributed by atoms with Crippen LogP contribution in [0.25, 0.3) is 0 Å². The zero-order valence-corrected chi connectivity index (χ0v) is 9.42. The molecule has 0 aliphatic heterocycles. The van der Waals surface area contributed by atoms with Crippen LogP contribution in [-0.4, -0.2) is 17.1 Å². The number of carbonyl (C=O) groups is 1. The zero-order chi connectivity index (χ0) is 11.4. The fraction of sp³-hybridized carbons (Fsp3) is 0.300. The molecule has 0 saturated heterocycles. The van der Waals surface area contributed by atoms with Crippen LogP contribution in [0.1, 0.15) is 12.0 Å². The number of aliphatic carboxylic acids is 1. The van der Waals surface area contributed by atoms with Gasteiger partial charge in [-0.15, -0.1) is 0 Å². The third kappa shape index (κ3) is 4.08. The molecule has 1 atom stereocenters. The Morgan fingerprint density at radius 1 is 1.33 bits per heavy atom. The van der Waals surface area contributed by atoms with Crippen LogP contribution in [0.5, 0.6) is 0 Å². The van der Waals surface area contributed by atoms with E-state index in [0.717, 1.165) is 5.56 Å². The summed E-state index contributed by atoms with van der Waals surface area (Å²) in [6, 6.07) is 4.29. The van der Waals surface area contributed by atoms with Crippen LogP contribution >= 0.6 is 23.2 Å². The van der Waals surface area contributed by atoms with Crippen molar-refractivity contribution in [3.8, 4) is 0 Å². The Kier molecular flexibility index (Phi) is 4.39. The van der Waals surface area contributed by atoms with E-state index in [1.807, 2.05) is 0 Å². The zero-order valence-electron chi connectivity index (χ0n) is 7.91. The van der Waals surface area contributed by atoms with Crippen LogP contribution in [0.2, 0.25) is 10.0 Å². The van der Waals surface area contributed by atoms with E-state index in [0.29, 0.717) is 22.9 Å². The summed E-state index contributed by atoms with van der Waals surface area (Å²) >= 11 is 11.6. The summed E-state index contributed by atoms with van der Waals surface area (Å²) in [5.41, 5.74) is 6.27. The van der Waals surface area contributed by atoms with Crippen molar-refractivity contribution in [1.29, 1.82) is 0 Å². The summed E-state index contributed by atoms with van der Waals surface area (Å²) in [5.74, 6) is -0.997. The maximum Gasteiger partial charge on any atom is 0.320 e. The molecule has 3 nitrogen and oxygen atoms in total. The lowest BCUT2D eigenvalue weighted by molar-refractivity contribution is -0.138. The topological polar surface area (TPSA) is 63.3 Å². The second kappa shape index (κ2) is 5.35. The molecule has 0 saturated carbocycles. The van der Waals surface area contributed by atoms with Crippen LogP contribution < -0.4 is 5.73 Å². The molecule has 1 aromatic rings. The number of carboxylic acid groups (broad SMARTS) is 1. The quantitative estimate of drug-likeness (QED) is 0.859. The average Bonchev–Trinajstić information content (AvgIpc) is 2.12. The van der Waals surface area contributed by atoms with Crippen molar-refractivity contribution in [2.45, 2.75) is 18.9 Å². The monoisotopic (exact) mass is 247 g/mol. The fourth-order valence-corrected chi connectivity index (χ4v) is 1.77. The van der Waals surface area contributed by atoms with Crippen molar-refractivity contribution in [2.24, 2.45) is 5.73 Å². The molecular formula is C10H11Cl2NO2. The van der Waals surface area contributed by atoms with Crippen LogP contribution in [0.4, 0.5) is 0 Å². The highest BCUT2D eigenvalue weighted by Crippen LogP contribution is 2.20. The lowest BCUT2D eigenvalue weighted by Gasteiger charge is -2.06. The van der Waals surface area contributed by atoms with Crippen LogP contribution in [0.15, 0.2) is 18.2 Å². The first-order valence-electron chi connectivity index (χ1n) is 4.42. The minimum absolute atomic E-state index is 0.367. The van der Waals surface area contributed by atoms with Gasteiger partial charge < -0.3 is 10.8 Å². The van der Waals surface area contributed by atoms with E-state index in [1.165, 1.54) is 0 Å². The van der Waals surface area contributed by atoms with Gasteiger partial charge in [0.05, 0.1) is 0 Å². The molecule has 0 spiro atoms. The smallest absolute Gasteiger partial charge is 0.320 e. The van der Waals surface area contributed by atoms with Crippen molar-refractivity contribution in [2.75, 3.05) is 0 Å². The Morgan fingerprint density at radius 2 is 1.87 bits per heavy atom. The standard InChI is InChI=1S/C10H11Cl2NO2/c11-7-3-6(4-8(12)5-7)1-2-9(13)10(14)15/h3-5,9H,1-2,13H2,(H,14,15)/t9-/m0/s1. The van der Waals surface area contributed by atoms with Gasteiger partial charge in [-0.25, -0.2) is 0 Å². The molecule has 1 aromatic carbocycles. The van der Waals surface area contributed by atoms with Crippen molar-refractivity contribution in [3.63, 3.8) is 0 Å². The molecule has 0 unspecified atom stereocenters. The summed E-state index contributed by atoms with van der Waals surface area (Å²) in [6.45, 7) is 0. The summed E-state index contributed by atoms with van der Waals surface area (Å²) in [5, 5.41) is 9.68. The number of aryl methyl sites for hydroxylation is 1. The fourth-order valence-electron chi connectivity index (χ4n) is 1.20. The number of benzene rings is 1. The van der Waals surface area contributed by atoms with Gasteiger partial charge in [-0.3, -0.25) is 4.79 Å². The van der Waals surface area contributed by atoms with Gasteiger partial charge in [-0.05, 0) is 36.6 Å². The molecule has 3 N–H and O–H groups in total. The molecule has 1 rings (SSSR count). The molecule has 15 heavy (non-hydrogen) atoms. The Morgan fingerprint density at radius 3 is 2.33 bits per heavy atom. The van der Waals surface area contributed by atoms with E-state index in [9.17, 15) is 4.79 Å². The number of halogens is 2. The number of hydrogen-bond acceptors (Lipinski definition) is 2. The van der Waals surface area contributed by atoms with Gasteiger partial charge in [0.25, 0.3) is 0 Å². The normalized spacial score (nSPS) is 12.5. The first kappa shape index (κ1) is 12.3. The first-order valence-corrected chi connectivity index (χ1v) is 5.18. The van der Waals surface area contributed by atoms with Crippen LogP contribution in [-0.2, 0) is 11.2 Å². The number of nitrogens with two attached hydrogens (primary N) is 1. The molecule has 0 aliphatic carbocycles. The van der Waals surface area contributed by atoms with Gasteiger partial charge in [0, 0.05) is 10.0 Å². The molecule has 5 heteroatoms. The summed E-state index contributed by atoms with van der Waals surface area (Å²) in [7, 11) is 0. The highest BCUT2D eigenvalue weighted by Gasteiger charge is 2.11. The second-order valence-corrected chi connectivity index (χ2v) is 4.13. The van der Waals surface area contributed by atoms with E-state index in [-0.39, 0.29) is 0 Å². The van der Waals surface area contributed by atoms with Gasteiger partial charge in [-0.1, -0.05) is 23.2 Å². The maximum absolute atomic E-state index is 10.5. The van der Waals surface area contributed by atoms with Crippen LogP contribution in [0.3, 0.4) is 0 Å². The molecule has 82 valence electrons. The third-order valence-corrected chi connectivity index (χ3v) is 2.42. The molecule has 0 amide bonds. The van der Waals surface area contributed by atoms with Crippen molar-refractivity contribution < 1.29 is 9.90 Å². The Bertz CT molecular complexity index is 348. The molecular weight excluding hydrogens is 237 g/mol. The van der Waals surface area contributed by atoms with Gasteiger partial charge >= 0.3 is 5.97 Å². The van der Waals surface area contributed by atoms with Gasteiger partial charge in [0.2, 0.25) is 0 Å². The average molecular weight is 248 g/mol. The predicted octanol–water partition coefficient (Wildman–Crippen LogP) is 2.34. The van der Waals surface area contributed by atoms with Crippen molar-refractivity contribution in [1.82, 2.24) is 0 Å². The molecule has 0 aromatic heterocycles. The third-order valence-electron chi connectivity index (χ3n) is 1.98. The first-order chi connectivity index (χ1) is 6.99. The lowest BCUT2D eigenvalue weighted by atomic mass is 10.1. The van der Waals surface area contributed by atoms with E-state index in [1.54, 1.807) is 18.2 Å². The second-order valence-electron chi connectivity index (χ2n) is 3.26. The van der Waals surface area contributed by atoms with Crippen molar-refractivity contribution in [3.05, 3.63) is 33.8 Å². The molecule has 0 heterocycles. The van der Waals surface area contributed by atoms with Gasteiger partial charge in [0.1, 0.15) is 6.04 Å². The summed E-state index contributed by atoms with van der Waals surface area (Å²) < 4.78 is 0. The highest BCUT2D eigenvalue weighted by molar-refractivity contribution is 6.34. The Labute approximate surface area is 97.8 Å². The SMILES string of the molecule is N[C@@H](CCc1cc(Cl)cc(Cl)c1)C(=O)O. The molecule has 0 fully saturated rings. The van der Waals surface area contributed by atoms with Crippen molar-refractivity contribution >= 4 is 29.2 Å². The van der Waals surface area contributed by atoms with E-state index < -0.39 is 12.0 Å². The minimum atomic E-state index is -0.997. The van der Waals surface area contributed by atoms with E-state index >= 15 is 0 Å². The predicted molar refractivity (Wildman–Crippen MR) is 60.4 cm³/mol. The number of hydrogen-bond donors (Lipinski definition) is 2. The molecule has 0 bridgehead atoms. The lowest BCUT2D eigenvalue weighted by Crippen LogP contribution is -2.30. The van der Waals surface area contributed by atoms with Gasteiger partial charge in [0.15, 0.2) is 0 Å². The Hall–Kier alpha value is -0.770. The summed E-state index contributed by atoms with van der Waals surface area (Å²) in [4.78, 5) is 10.5. The summed E-state index contributed by atoms with van der Waals surface area (Å²) in [6.07, 6.45) is 0.916. The highest BCUT2D eigenvalue weighted by atomic mass is 35.5. The minimum Gasteiger partial charge on any atom is -0.480 e. The Balaban J connectivity index is 2.61. The van der Waals surface area contributed by atoms with E-state index in [4.69, 9.17) is 34.0 Å². The van der Waals surface area contributed by atoms with Gasteiger partial charge in [-0.2, -0.15) is 0 Å². The number of rotatable bonds is 4. The largest absolute Gasteiger partial charge is 0.480 e. The molecule has 0 aliphatic rings.